The van der Waals surface area contributed by atoms with Crippen molar-refractivity contribution in [1.82, 2.24) is 9.80 Å². The number of hydrogen-bond acceptors (Lipinski definition) is 3. The number of hydrogen-bond donors (Lipinski definition) is 0. The molecule has 0 N–H and O–H groups in total. The van der Waals surface area contributed by atoms with Crippen LogP contribution in [0.1, 0.15) is 76.9 Å². The first-order valence-corrected chi connectivity index (χ1v) is 11.4. The molecule has 0 bridgehead atoms. The molecule has 3 unspecified atom stereocenters. The van der Waals surface area contributed by atoms with E-state index in [4.69, 9.17) is 4.74 Å². The van der Waals surface area contributed by atoms with Gasteiger partial charge >= 0.3 is 0 Å². The second-order valence-corrected chi connectivity index (χ2v) is 8.66. The molecule has 0 aliphatic carbocycles. The van der Waals surface area contributed by atoms with E-state index in [1.54, 1.807) is 0 Å². The van der Waals surface area contributed by atoms with Crippen molar-refractivity contribution in [3.05, 3.63) is 35.9 Å². The quantitative estimate of drug-likeness (QED) is 0.506. The molecule has 3 heteroatoms. The second-order valence-electron chi connectivity index (χ2n) is 8.66. The lowest BCUT2D eigenvalue weighted by molar-refractivity contribution is 0.0860. The Hall–Kier alpha value is -0.900. The number of unbranched alkanes of at least 4 members (excludes halogenated alkanes) is 2. The van der Waals surface area contributed by atoms with Crippen LogP contribution >= 0.6 is 0 Å². The van der Waals surface area contributed by atoms with E-state index in [0.29, 0.717) is 12.0 Å². The first-order chi connectivity index (χ1) is 13.3. The minimum atomic E-state index is 0.234. The van der Waals surface area contributed by atoms with Crippen LogP contribution in [0.2, 0.25) is 0 Å². The lowest BCUT2D eigenvalue weighted by Gasteiger charge is -2.32. The van der Waals surface area contributed by atoms with Gasteiger partial charge in [0, 0.05) is 12.6 Å². The molecule has 0 amide bonds. The van der Waals surface area contributed by atoms with Gasteiger partial charge in [0.15, 0.2) is 0 Å². The number of piperidine rings is 1. The summed E-state index contributed by atoms with van der Waals surface area (Å²) in [5, 5.41) is 0. The van der Waals surface area contributed by atoms with Crippen LogP contribution in [-0.2, 0) is 4.74 Å². The molecule has 0 aromatic heterocycles. The van der Waals surface area contributed by atoms with Crippen LogP contribution in [0.3, 0.4) is 0 Å². The van der Waals surface area contributed by atoms with Gasteiger partial charge in [0.05, 0.1) is 0 Å². The summed E-state index contributed by atoms with van der Waals surface area (Å²) in [5.74, 6) is 0.680. The molecule has 1 aromatic rings. The zero-order valence-electron chi connectivity index (χ0n) is 17.6. The molecule has 2 heterocycles. The average Bonchev–Trinajstić information content (AvgIpc) is 3.13. The number of benzene rings is 1. The van der Waals surface area contributed by atoms with E-state index >= 15 is 0 Å². The third-order valence-electron chi connectivity index (χ3n) is 6.49. The van der Waals surface area contributed by atoms with Gasteiger partial charge in [-0.3, -0.25) is 4.90 Å². The largest absolute Gasteiger partial charge is 0.356 e. The lowest BCUT2D eigenvalue weighted by Crippen LogP contribution is -2.39. The summed E-state index contributed by atoms with van der Waals surface area (Å²) in [7, 11) is 0. The molecule has 27 heavy (non-hydrogen) atoms. The smallest absolute Gasteiger partial charge is 0.100 e. The zero-order valence-corrected chi connectivity index (χ0v) is 17.6. The van der Waals surface area contributed by atoms with Crippen LogP contribution in [0.4, 0.5) is 0 Å². The van der Waals surface area contributed by atoms with Crippen LogP contribution in [0.25, 0.3) is 0 Å². The van der Waals surface area contributed by atoms with Gasteiger partial charge in [-0.1, -0.05) is 69.9 Å². The molecule has 3 atom stereocenters. The van der Waals surface area contributed by atoms with Crippen LogP contribution in [0, 0.1) is 5.92 Å². The summed E-state index contributed by atoms with van der Waals surface area (Å²) in [6.45, 7) is 10.6. The van der Waals surface area contributed by atoms with Crippen molar-refractivity contribution in [2.75, 3.05) is 32.9 Å². The Labute approximate surface area is 167 Å². The highest BCUT2D eigenvalue weighted by Gasteiger charge is 2.38. The minimum absolute atomic E-state index is 0.234. The maximum Gasteiger partial charge on any atom is 0.100 e. The Morgan fingerprint density at radius 3 is 2.52 bits per heavy atom. The van der Waals surface area contributed by atoms with Crippen molar-refractivity contribution in [2.24, 2.45) is 5.92 Å². The van der Waals surface area contributed by atoms with E-state index in [1.165, 1.54) is 83.1 Å². The SMILES string of the molecule is CCCCCC(C)C1C(c2ccccc2)OCN1CCCN1CCCCC1. The molecule has 2 saturated heterocycles. The van der Waals surface area contributed by atoms with E-state index in [0.717, 1.165) is 6.73 Å². The number of likely N-dealkylation sites (tertiary alicyclic amines) is 1. The van der Waals surface area contributed by atoms with Crippen molar-refractivity contribution in [2.45, 2.75) is 77.4 Å². The molecule has 2 aliphatic heterocycles. The van der Waals surface area contributed by atoms with Crippen molar-refractivity contribution in [3.63, 3.8) is 0 Å². The highest BCUT2D eigenvalue weighted by molar-refractivity contribution is 5.20. The highest BCUT2D eigenvalue weighted by atomic mass is 16.5. The maximum atomic E-state index is 6.35. The predicted octanol–water partition coefficient (Wildman–Crippen LogP) is 5.48. The Bertz CT molecular complexity index is 514. The first-order valence-electron chi connectivity index (χ1n) is 11.4. The van der Waals surface area contributed by atoms with Crippen LogP contribution in [-0.4, -0.2) is 48.8 Å². The van der Waals surface area contributed by atoms with Gasteiger partial charge in [-0.15, -0.1) is 0 Å². The van der Waals surface area contributed by atoms with Crippen molar-refractivity contribution in [1.29, 1.82) is 0 Å². The van der Waals surface area contributed by atoms with E-state index in [1.807, 2.05) is 0 Å². The number of ether oxygens (including phenoxy) is 1. The molecule has 152 valence electrons. The fourth-order valence-electron chi connectivity index (χ4n) is 4.93. The van der Waals surface area contributed by atoms with Gasteiger partial charge in [-0.05, 0) is 56.8 Å². The van der Waals surface area contributed by atoms with Crippen LogP contribution in [0.15, 0.2) is 30.3 Å². The lowest BCUT2D eigenvalue weighted by atomic mass is 9.88. The van der Waals surface area contributed by atoms with Gasteiger partial charge in [0.1, 0.15) is 12.8 Å². The molecule has 2 aliphatic rings. The second kappa shape index (κ2) is 11.2. The van der Waals surface area contributed by atoms with Crippen LogP contribution < -0.4 is 0 Å². The van der Waals surface area contributed by atoms with E-state index in [2.05, 4.69) is 54.0 Å². The Morgan fingerprint density at radius 2 is 1.78 bits per heavy atom. The van der Waals surface area contributed by atoms with Gasteiger partial charge in [0.25, 0.3) is 0 Å². The topological polar surface area (TPSA) is 15.7 Å². The third-order valence-corrected chi connectivity index (χ3v) is 6.49. The van der Waals surface area contributed by atoms with Crippen molar-refractivity contribution < 1.29 is 4.74 Å². The summed E-state index contributed by atoms with van der Waals surface area (Å²) in [6.07, 6.45) is 11.0. The summed E-state index contributed by atoms with van der Waals surface area (Å²) in [6, 6.07) is 11.4. The van der Waals surface area contributed by atoms with Crippen LogP contribution in [0.5, 0.6) is 0 Å². The van der Waals surface area contributed by atoms with E-state index in [-0.39, 0.29) is 6.10 Å². The molecule has 0 saturated carbocycles. The Morgan fingerprint density at radius 1 is 1.00 bits per heavy atom. The molecule has 0 radical (unpaired) electrons. The fourth-order valence-corrected chi connectivity index (χ4v) is 4.93. The number of nitrogens with zero attached hydrogens (tertiary/aromatic N) is 2. The normalized spacial score (nSPS) is 25.7. The maximum absolute atomic E-state index is 6.35. The third kappa shape index (κ3) is 6.04. The highest BCUT2D eigenvalue weighted by Crippen LogP contribution is 2.37. The molecule has 1 aromatic carbocycles. The first kappa shape index (κ1) is 20.8. The van der Waals surface area contributed by atoms with Crippen molar-refractivity contribution in [3.8, 4) is 0 Å². The monoisotopic (exact) mass is 372 g/mol. The standard InChI is InChI=1S/C24H40N2O/c1-3-4-7-13-21(2)23-24(22-14-8-5-9-15-22)27-20-26(23)19-12-18-25-16-10-6-11-17-25/h5,8-9,14-15,21,23-24H,3-4,6-7,10-13,16-20H2,1-2H3. The fraction of sp³-hybridized carbons (Fsp3) is 0.750. The average molecular weight is 373 g/mol. The Kier molecular flexibility index (Phi) is 8.63. The molecule has 3 nitrogen and oxygen atoms in total. The molecule has 3 rings (SSSR count). The van der Waals surface area contributed by atoms with Gasteiger partial charge in [-0.2, -0.15) is 0 Å². The zero-order chi connectivity index (χ0) is 18.9. The predicted molar refractivity (Wildman–Crippen MR) is 114 cm³/mol. The molecular formula is C24H40N2O. The summed E-state index contributed by atoms with van der Waals surface area (Å²) >= 11 is 0. The van der Waals surface area contributed by atoms with Gasteiger partial charge in [-0.25, -0.2) is 0 Å². The molecular weight excluding hydrogens is 332 g/mol. The summed E-state index contributed by atoms with van der Waals surface area (Å²) in [4.78, 5) is 5.30. The molecule has 0 spiro atoms. The van der Waals surface area contributed by atoms with E-state index < -0.39 is 0 Å². The van der Waals surface area contributed by atoms with Gasteiger partial charge < -0.3 is 9.64 Å². The van der Waals surface area contributed by atoms with E-state index in [9.17, 15) is 0 Å². The molecule has 2 fully saturated rings. The number of rotatable bonds is 10. The Balaban J connectivity index is 1.58. The summed E-state index contributed by atoms with van der Waals surface area (Å²) < 4.78 is 6.35. The van der Waals surface area contributed by atoms with Crippen molar-refractivity contribution >= 4 is 0 Å². The minimum Gasteiger partial charge on any atom is -0.356 e. The summed E-state index contributed by atoms with van der Waals surface area (Å²) in [5.41, 5.74) is 1.35. The van der Waals surface area contributed by atoms with Gasteiger partial charge in [0.2, 0.25) is 0 Å².